The maximum absolute atomic E-state index is 13.7. The molecule has 0 fully saturated rings. The van der Waals surface area contributed by atoms with Gasteiger partial charge < -0.3 is 4.74 Å². The quantitative estimate of drug-likeness (QED) is 0.622. The molecular weight excluding hydrogens is 270 g/mol. The van der Waals surface area contributed by atoms with E-state index in [1.165, 1.54) is 24.3 Å². The highest BCUT2D eigenvalue weighted by atomic mass is 19.1. The number of ether oxygens (including phenoxy) is 1. The Labute approximate surface area is 120 Å². The van der Waals surface area contributed by atoms with Crippen LogP contribution in [-0.4, -0.2) is 0 Å². The molecule has 0 aromatic heterocycles. The first-order chi connectivity index (χ1) is 10.2. The van der Waals surface area contributed by atoms with Gasteiger partial charge in [-0.3, -0.25) is 0 Å². The van der Waals surface area contributed by atoms with Gasteiger partial charge in [0.2, 0.25) is 0 Å². The van der Waals surface area contributed by atoms with E-state index in [1.807, 2.05) is 6.07 Å². The highest BCUT2D eigenvalue weighted by Crippen LogP contribution is 2.38. The molecule has 21 heavy (non-hydrogen) atoms. The largest absolute Gasteiger partial charge is 0.372 e. The molecule has 0 bridgehead atoms. The first-order valence-electron chi connectivity index (χ1n) is 6.80. The van der Waals surface area contributed by atoms with Gasteiger partial charge in [-0.2, -0.15) is 0 Å². The smallest absolute Gasteiger partial charge is 0.123 e. The summed E-state index contributed by atoms with van der Waals surface area (Å²) in [5.41, 5.74) is 4.02. The lowest BCUT2D eigenvalue weighted by Crippen LogP contribution is -1.92. The highest BCUT2D eigenvalue weighted by molar-refractivity contribution is 5.99. The van der Waals surface area contributed by atoms with E-state index in [2.05, 4.69) is 0 Å². The van der Waals surface area contributed by atoms with Gasteiger partial charge in [-0.05, 0) is 63.4 Å². The van der Waals surface area contributed by atoms with Crippen LogP contribution in [0.4, 0.5) is 8.78 Å². The number of rotatable bonds is 1. The summed E-state index contributed by atoms with van der Waals surface area (Å²) < 4.78 is 32.4. The molecule has 0 N–H and O–H groups in total. The van der Waals surface area contributed by atoms with Gasteiger partial charge >= 0.3 is 0 Å². The molecule has 1 aliphatic rings. The van der Waals surface area contributed by atoms with Crippen LogP contribution in [-0.2, 0) is 18.0 Å². The molecule has 3 aromatic carbocycles. The molecule has 0 radical (unpaired) electrons. The summed E-state index contributed by atoms with van der Waals surface area (Å²) in [5.74, 6) is -0.553. The van der Waals surface area contributed by atoms with Crippen LogP contribution in [0.25, 0.3) is 21.9 Å². The molecule has 104 valence electrons. The van der Waals surface area contributed by atoms with E-state index in [0.29, 0.717) is 13.2 Å². The second-order valence-electron chi connectivity index (χ2n) is 5.25. The fourth-order valence-corrected chi connectivity index (χ4v) is 2.97. The number of benzene rings is 3. The van der Waals surface area contributed by atoms with Crippen molar-refractivity contribution in [2.75, 3.05) is 0 Å². The third-order valence-corrected chi connectivity index (χ3v) is 3.94. The van der Waals surface area contributed by atoms with Gasteiger partial charge in [-0.1, -0.05) is 18.2 Å². The van der Waals surface area contributed by atoms with Crippen molar-refractivity contribution >= 4 is 10.8 Å². The predicted molar refractivity (Wildman–Crippen MR) is 77.8 cm³/mol. The molecule has 3 heteroatoms. The van der Waals surface area contributed by atoms with Gasteiger partial charge in [0, 0.05) is 0 Å². The molecule has 4 rings (SSSR count). The van der Waals surface area contributed by atoms with Crippen LogP contribution in [0.5, 0.6) is 0 Å². The average Bonchev–Trinajstić information content (AvgIpc) is 2.94. The first-order valence-corrected chi connectivity index (χ1v) is 6.80. The first kappa shape index (κ1) is 12.5. The Hall–Kier alpha value is -2.26. The lowest BCUT2D eigenvalue weighted by atomic mass is 9.91. The molecule has 0 saturated carbocycles. The second kappa shape index (κ2) is 4.64. The molecule has 0 amide bonds. The van der Waals surface area contributed by atoms with E-state index in [4.69, 9.17) is 4.74 Å². The van der Waals surface area contributed by atoms with E-state index in [1.54, 1.807) is 18.2 Å². The van der Waals surface area contributed by atoms with E-state index in [9.17, 15) is 8.78 Å². The van der Waals surface area contributed by atoms with Gasteiger partial charge in [0.1, 0.15) is 11.6 Å². The van der Waals surface area contributed by atoms with Crippen molar-refractivity contribution in [1.82, 2.24) is 0 Å². The summed E-state index contributed by atoms with van der Waals surface area (Å²) in [4.78, 5) is 0. The van der Waals surface area contributed by atoms with Crippen molar-refractivity contribution < 1.29 is 13.5 Å². The van der Waals surface area contributed by atoms with Gasteiger partial charge in [-0.25, -0.2) is 8.78 Å². The van der Waals surface area contributed by atoms with E-state index in [0.717, 1.165) is 33.0 Å². The monoisotopic (exact) mass is 282 g/mol. The van der Waals surface area contributed by atoms with Crippen LogP contribution in [0.3, 0.4) is 0 Å². The van der Waals surface area contributed by atoms with Crippen molar-refractivity contribution in [3.05, 3.63) is 71.3 Å². The maximum atomic E-state index is 13.7. The average molecular weight is 282 g/mol. The minimum Gasteiger partial charge on any atom is -0.372 e. The van der Waals surface area contributed by atoms with Crippen molar-refractivity contribution in [2.45, 2.75) is 13.2 Å². The number of fused-ring (bicyclic) bond motifs is 2. The van der Waals surface area contributed by atoms with E-state index in [-0.39, 0.29) is 11.6 Å². The number of halogens is 2. The summed E-state index contributed by atoms with van der Waals surface area (Å²) in [5, 5.41) is 1.81. The molecule has 1 heterocycles. The minimum absolute atomic E-state index is 0.273. The van der Waals surface area contributed by atoms with Gasteiger partial charge in [0.15, 0.2) is 0 Å². The van der Waals surface area contributed by atoms with Crippen LogP contribution in [0, 0.1) is 11.6 Å². The fourth-order valence-electron chi connectivity index (χ4n) is 2.97. The van der Waals surface area contributed by atoms with Crippen molar-refractivity contribution in [1.29, 1.82) is 0 Å². The molecular formula is C18H12F2O. The molecule has 0 saturated heterocycles. The van der Waals surface area contributed by atoms with Crippen molar-refractivity contribution in [2.24, 2.45) is 0 Å². The number of hydrogen-bond acceptors (Lipinski definition) is 1. The Balaban J connectivity index is 2.09. The summed E-state index contributed by atoms with van der Waals surface area (Å²) in [6, 6.07) is 13.1. The van der Waals surface area contributed by atoms with Crippen LogP contribution in [0.1, 0.15) is 11.1 Å². The maximum Gasteiger partial charge on any atom is 0.123 e. The Morgan fingerprint density at radius 2 is 1.57 bits per heavy atom. The normalized spacial score (nSPS) is 13.6. The summed E-state index contributed by atoms with van der Waals surface area (Å²) in [7, 11) is 0. The second-order valence-corrected chi connectivity index (χ2v) is 5.25. The van der Waals surface area contributed by atoms with Crippen LogP contribution >= 0.6 is 0 Å². The van der Waals surface area contributed by atoms with Crippen LogP contribution < -0.4 is 0 Å². The highest BCUT2D eigenvalue weighted by Gasteiger charge is 2.20. The third kappa shape index (κ3) is 2.01. The van der Waals surface area contributed by atoms with Crippen molar-refractivity contribution in [3.8, 4) is 11.1 Å². The Morgan fingerprint density at radius 1 is 0.810 bits per heavy atom. The summed E-state index contributed by atoms with van der Waals surface area (Å²) in [6.45, 7) is 1.07. The summed E-state index contributed by atoms with van der Waals surface area (Å²) in [6.07, 6.45) is 0. The van der Waals surface area contributed by atoms with Gasteiger partial charge in [-0.15, -0.1) is 0 Å². The zero-order valence-corrected chi connectivity index (χ0v) is 11.2. The SMILES string of the molecule is Fc1ccc(-c2c3c(cc4ccc(F)cc24)COC3)cc1. The molecule has 0 unspecified atom stereocenters. The summed E-state index contributed by atoms with van der Waals surface area (Å²) >= 11 is 0. The Bertz CT molecular complexity index is 838. The van der Waals surface area contributed by atoms with Crippen LogP contribution in [0.15, 0.2) is 48.5 Å². The van der Waals surface area contributed by atoms with E-state index < -0.39 is 0 Å². The zero-order chi connectivity index (χ0) is 14.4. The Morgan fingerprint density at radius 3 is 2.38 bits per heavy atom. The third-order valence-electron chi connectivity index (χ3n) is 3.94. The minimum atomic E-state index is -0.280. The molecule has 0 atom stereocenters. The molecule has 0 spiro atoms. The van der Waals surface area contributed by atoms with Crippen LogP contribution in [0.2, 0.25) is 0 Å². The Kier molecular flexibility index (Phi) is 2.76. The van der Waals surface area contributed by atoms with Gasteiger partial charge in [0.25, 0.3) is 0 Å². The van der Waals surface area contributed by atoms with Crippen molar-refractivity contribution in [3.63, 3.8) is 0 Å². The fraction of sp³-hybridized carbons (Fsp3) is 0.111. The van der Waals surface area contributed by atoms with Gasteiger partial charge in [0.05, 0.1) is 13.2 Å². The number of hydrogen-bond donors (Lipinski definition) is 0. The lowest BCUT2D eigenvalue weighted by molar-refractivity contribution is 0.134. The molecule has 1 aliphatic heterocycles. The molecule has 0 aliphatic carbocycles. The lowest BCUT2D eigenvalue weighted by Gasteiger charge is -2.12. The molecule has 3 aromatic rings. The van der Waals surface area contributed by atoms with E-state index >= 15 is 0 Å². The molecule has 1 nitrogen and oxygen atoms in total. The topological polar surface area (TPSA) is 9.23 Å². The zero-order valence-electron chi connectivity index (χ0n) is 11.2. The standard InChI is InChI=1S/C18H12F2O/c19-14-4-1-11(2-5-14)18-16-8-15(20)6-3-12(16)7-13-9-21-10-17(13)18/h1-8H,9-10H2. The predicted octanol–water partition coefficient (Wildman–Crippen LogP) is 4.82.